The number of furan rings is 1. The van der Waals surface area contributed by atoms with E-state index in [4.69, 9.17) is 10.3 Å². The summed E-state index contributed by atoms with van der Waals surface area (Å²) in [6.45, 7) is 5.24. The monoisotopic (exact) mass is 251 g/mol. The van der Waals surface area contributed by atoms with Gasteiger partial charge in [-0.1, -0.05) is 13.3 Å². The van der Waals surface area contributed by atoms with Crippen LogP contribution in [-0.2, 0) is 6.54 Å². The number of rotatable bonds is 4. The third kappa shape index (κ3) is 3.11. The average molecular weight is 251 g/mol. The summed E-state index contributed by atoms with van der Waals surface area (Å²) in [5.41, 5.74) is 2.58. The number of carbonyl (C=O) groups is 1. The highest BCUT2D eigenvalue weighted by atomic mass is 16.3. The average Bonchev–Trinajstić information content (AvgIpc) is 2.87. The van der Waals surface area contributed by atoms with Crippen molar-refractivity contribution in [3.63, 3.8) is 0 Å². The number of amides is 1. The standard InChI is InChI=1S/C13H21N3O2/c1-2-10-3-5-16(6-4-10)8-12-7-11(9-18-12)13(17)15-14/h7,9-10H,2-6,8,14H2,1H3,(H,15,17). The molecule has 5 heteroatoms. The van der Waals surface area contributed by atoms with Crippen LogP contribution in [0.15, 0.2) is 16.7 Å². The number of nitrogens with two attached hydrogens (primary N) is 1. The fourth-order valence-corrected chi connectivity index (χ4v) is 2.44. The molecule has 3 N–H and O–H groups in total. The molecule has 1 aromatic heterocycles. The van der Waals surface area contributed by atoms with Crippen molar-refractivity contribution in [2.24, 2.45) is 11.8 Å². The minimum atomic E-state index is -0.310. The van der Waals surface area contributed by atoms with Gasteiger partial charge < -0.3 is 4.42 Å². The molecular weight excluding hydrogens is 230 g/mol. The molecule has 0 aliphatic carbocycles. The van der Waals surface area contributed by atoms with Crippen LogP contribution in [0.25, 0.3) is 0 Å². The molecule has 1 aromatic rings. The summed E-state index contributed by atoms with van der Waals surface area (Å²) in [4.78, 5) is 13.7. The van der Waals surface area contributed by atoms with E-state index in [1.54, 1.807) is 6.07 Å². The van der Waals surface area contributed by atoms with Gasteiger partial charge in [0, 0.05) is 0 Å². The lowest BCUT2D eigenvalue weighted by molar-refractivity contribution is 0.0953. The quantitative estimate of drug-likeness (QED) is 0.483. The second-order valence-corrected chi connectivity index (χ2v) is 4.90. The van der Waals surface area contributed by atoms with Gasteiger partial charge >= 0.3 is 0 Å². The second kappa shape index (κ2) is 6.02. The van der Waals surface area contributed by atoms with E-state index in [1.807, 2.05) is 0 Å². The van der Waals surface area contributed by atoms with Crippen LogP contribution in [0.5, 0.6) is 0 Å². The Kier molecular flexibility index (Phi) is 4.38. The topological polar surface area (TPSA) is 71.5 Å². The zero-order chi connectivity index (χ0) is 13.0. The Bertz CT molecular complexity index is 395. The van der Waals surface area contributed by atoms with Crippen LogP contribution in [0.4, 0.5) is 0 Å². The minimum Gasteiger partial charge on any atom is -0.467 e. The molecule has 5 nitrogen and oxygen atoms in total. The molecule has 1 fully saturated rings. The molecule has 1 aliphatic heterocycles. The van der Waals surface area contributed by atoms with Crippen molar-refractivity contribution in [3.05, 3.63) is 23.7 Å². The van der Waals surface area contributed by atoms with Gasteiger partial charge in [-0.25, -0.2) is 5.84 Å². The predicted octanol–water partition coefficient (Wildman–Crippen LogP) is 1.51. The number of nitrogen functional groups attached to an aromatic ring is 1. The number of piperidine rings is 1. The lowest BCUT2D eigenvalue weighted by atomic mass is 9.94. The zero-order valence-electron chi connectivity index (χ0n) is 10.8. The van der Waals surface area contributed by atoms with E-state index in [9.17, 15) is 4.79 Å². The number of hydrazine groups is 1. The van der Waals surface area contributed by atoms with Crippen LogP contribution in [-0.4, -0.2) is 23.9 Å². The van der Waals surface area contributed by atoms with Crippen LogP contribution in [0.1, 0.15) is 42.3 Å². The SMILES string of the molecule is CCC1CCN(Cc2cc(C(=O)NN)co2)CC1. The summed E-state index contributed by atoms with van der Waals surface area (Å²) in [6, 6.07) is 1.76. The van der Waals surface area contributed by atoms with Crippen molar-refractivity contribution >= 4 is 5.91 Å². The number of hydrogen-bond acceptors (Lipinski definition) is 4. The lowest BCUT2D eigenvalue weighted by Gasteiger charge is -2.30. The Labute approximate surface area is 107 Å². The smallest absolute Gasteiger partial charge is 0.268 e. The highest BCUT2D eigenvalue weighted by molar-refractivity contribution is 5.93. The van der Waals surface area contributed by atoms with Crippen LogP contribution in [0, 0.1) is 5.92 Å². The highest BCUT2D eigenvalue weighted by Crippen LogP contribution is 2.21. The summed E-state index contributed by atoms with van der Waals surface area (Å²) in [5.74, 6) is 6.46. The third-order valence-electron chi connectivity index (χ3n) is 3.71. The van der Waals surface area contributed by atoms with Gasteiger partial charge in [0.1, 0.15) is 12.0 Å². The van der Waals surface area contributed by atoms with E-state index in [2.05, 4.69) is 17.2 Å². The fourth-order valence-electron chi connectivity index (χ4n) is 2.44. The number of likely N-dealkylation sites (tertiary alicyclic amines) is 1. The predicted molar refractivity (Wildman–Crippen MR) is 68.7 cm³/mol. The van der Waals surface area contributed by atoms with E-state index < -0.39 is 0 Å². The zero-order valence-corrected chi connectivity index (χ0v) is 10.8. The molecule has 1 aliphatic rings. The van der Waals surface area contributed by atoms with Crippen molar-refractivity contribution in [1.82, 2.24) is 10.3 Å². The Morgan fingerprint density at radius 2 is 2.28 bits per heavy atom. The Balaban J connectivity index is 1.86. The largest absolute Gasteiger partial charge is 0.467 e. The van der Waals surface area contributed by atoms with E-state index in [0.29, 0.717) is 5.56 Å². The molecule has 0 bridgehead atoms. The van der Waals surface area contributed by atoms with Crippen molar-refractivity contribution < 1.29 is 9.21 Å². The molecule has 0 radical (unpaired) electrons. The first-order chi connectivity index (χ1) is 8.72. The van der Waals surface area contributed by atoms with Crippen molar-refractivity contribution in [3.8, 4) is 0 Å². The normalized spacial score (nSPS) is 17.9. The van der Waals surface area contributed by atoms with Crippen molar-refractivity contribution in [2.75, 3.05) is 13.1 Å². The molecule has 1 saturated heterocycles. The summed E-state index contributed by atoms with van der Waals surface area (Å²) in [7, 11) is 0. The van der Waals surface area contributed by atoms with Crippen LogP contribution in [0.3, 0.4) is 0 Å². The molecule has 2 rings (SSSR count). The van der Waals surface area contributed by atoms with Crippen LogP contribution in [0.2, 0.25) is 0 Å². The molecule has 18 heavy (non-hydrogen) atoms. The van der Waals surface area contributed by atoms with Gasteiger partial charge in [-0.2, -0.15) is 0 Å². The Morgan fingerprint density at radius 3 is 2.89 bits per heavy atom. The van der Waals surface area contributed by atoms with E-state index in [1.165, 1.54) is 25.5 Å². The first kappa shape index (κ1) is 13.1. The maximum absolute atomic E-state index is 11.3. The van der Waals surface area contributed by atoms with Gasteiger partial charge in [0.05, 0.1) is 12.1 Å². The van der Waals surface area contributed by atoms with Crippen molar-refractivity contribution in [2.45, 2.75) is 32.7 Å². The summed E-state index contributed by atoms with van der Waals surface area (Å²) >= 11 is 0. The van der Waals surface area contributed by atoms with Gasteiger partial charge in [-0.15, -0.1) is 0 Å². The number of nitrogens with zero attached hydrogens (tertiary/aromatic N) is 1. The Hall–Kier alpha value is -1.33. The molecule has 0 spiro atoms. The van der Waals surface area contributed by atoms with Crippen LogP contribution < -0.4 is 11.3 Å². The lowest BCUT2D eigenvalue weighted by Crippen LogP contribution is -2.33. The highest BCUT2D eigenvalue weighted by Gasteiger charge is 2.19. The van der Waals surface area contributed by atoms with Gasteiger partial charge in [0.25, 0.3) is 5.91 Å². The maximum Gasteiger partial charge on any atom is 0.268 e. The maximum atomic E-state index is 11.3. The summed E-state index contributed by atoms with van der Waals surface area (Å²) in [5, 5.41) is 0. The molecule has 2 heterocycles. The Morgan fingerprint density at radius 1 is 1.56 bits per heavy atom. The van der Waals surface area contributed by atoms with E-state index in [-0.39, 0.29) is 5.91 Å². The summed E-state index contributed by atoms with van der Waals surface area (Å²) < 4.78 is 5.39. The molecule has 1 amide bonds. The first-order valence-electron chi connectivity index (χ1n) is 6.53. The van der Waals surface area contributed by atoms with Gasteiger partial charge in [-0.3, -0.25) is 15.1 Å². The van der Waals surface area contributed by atoms with Gasteiger partial charge in [0.15, 0.2) is 0 Å². The number of carbonyl (C=O) groups excluding carboxylic acids is 1. The molecule has 0 unspecified atom stereocenters. The molecular formula is C13H21N3O2. The third-order valence-corrected chi connectivity index (χ3v) is 3.71. The first-order valence-corrected chi connectivity index (χ1v) is 6.53. The number of hydrogen-bond donors (Lipinski definition) is 2. The summed E-state index contributed by atoms with van der Waals surface area (Å²) in [6.07, 6.45) is 5.24. The molecule has 0 saturated carbocycles. The second-order valence-electron chi connectivity index (χ2n) is 4.90. The van der Waals surface area contributed by atoms with E-state index >= 15 is 0 Å². The fraction of sp³-hybridized carbons (Fsp3) is 0.615. The molecule has 0 atom stereocenters. The van der Waals surface area contributed by atoms with Gasteiger partial charge in [0.2, 0.25) is 0 Å². The molecule has 100 valence electrons. The molecule has 0 aromatic carbocycles. The van der Waals surface area contributed by atoms with Crippen molar-refractivity contribution in [1.29, 1.82) is 0 Å². The van der Waals surface area contributed by atoms with E-state index in [0.717, 1.165) is 31.3 Å². The van der Waals surface area contributed by atoms with Crippen LogP contribution >= 0.6 is 0 Å². The number of nitrogens with one attached hydrogen (secondary N) is 1. The van der Waals surface area contributed by atoms with Gasteiger partial charge in [-0.05, 0) is 37.9 Å². The minimum absolute atomic E-state index is 0.310.